The fourth-order valence-electron chi connectivity index (χ4n) is 6.26. The van der Waals surface area contributed by atoms with E-state index in [1.54, 1.807) is 33.9 Å². The van der Waals surface area contributed by atoms with Crippen LogP contribution in [0.3, 0.4) is 0 Å². The van der Waals surface area contributed by atoms with E-state index in [-0.39, 0.29) is 30.9 Å². The van der Waals surface area contributed by atoms with E-state index in [1.807, 2.05) is 6.92 Å². The van der Waals surface area contributed by atoms with Crippen molar-refractivity contribution in [3.05, 3.63) is 25.3 Å². The maximum Gasteiger partial charge on any atom is 0.248 e. The fourth-order valence-corrected chi connectivity index (χ4v) is 6.26. The Labute approximate surface area is 203 Å². The van der Waals surface area contributed by atoms with E-state index in [0.717, 1.165) is 19.3 Å². The predicted octanol–water partition coefficient (Wildman–Crippen LogP) is 1.98. The van der Waals surface area contributed by atoms with Gasteiger partial charge in [0.05, 0.1) is 17.4 Å². The van der Waals surface area contributed by atoms with Crippen LogP contribution < -0.4 is 0 Å². The van der Waals surface area contributed by atoms with Crippen LogP contribution in [0, 0.1) is 11.8 Å². The molecular formula is C26H41N3O5. The zero-order chi connectivity index (χ0) is 25.1. The number of aliphatic hydroxyl groups is 1. The molecular weight excluding hydrogens is 434 g/mol. The van der Waals surface area contributed by atoms with Crippen LogP contribution in [0.2, 0.25) is 0 Å². The number of rotatable bonds is 13. The van der Waals surface area contributed by atoms with Crippen molar-refractivity contribution >= 4 is 17.7 Å². The molecule has 34 heavy (non-hydrogen) atoms. The van der Waals surface area contributed by atoms with E-state index >= 15 is 0 Å². The van der Waals surface area contributed by atoms with Crippen LogP contribution in [0.25, 0.3) is 0 Å². The summed E-state index contributed by atoms with van der Waals surface area (Å²) in [4.78, 5) is 46.3. The second kappa shape index (κ2) is 10.6. The van der Waals surface area contributed by atoms with Crippen molar-refractivity contribution in [1.29, 1.82) is 0 Å². The molecule has 0 saturated carbocycles. The van der Waals surface area contributed by atoms with Gasteiger partial charge in [-0.15, -0.1) is 13.2 Å². The number of unbranched alkanes of at least 4 members (excludes halogenated alkanes) is 2. The quantitative estimate of drug-likeness (QED) is 0.325. The number of hydrogen-bond donors (Lipinski definition) is 1. The normalized spacial score (nSPS) is 31.5. The molecule has 5 atom stereocenters. The maximum absolute atomic E-state index is 14.0. The average molecular weight is 476 g/mol. The van der Waals surface area contributed by atoms with Crippen LogP contribution in [0.15, 0.2) is 25.3 Å². The smallest absolute Gasteiger partial charge is 0.248 e. The summed E-state index contributed by atoms with van der Waals surface area (Å²) in [5.74, 6) is -1.88. The Morgan fingerprint density at radius 1 is 1.18 bits per heavy atom. The van der Waals surface area contributed by atoms with Gasteiger partial charge in [0.2, 0.25) is 17.7 Å². The monoisotopic (exact) mass is 475 g/mol. The summed E-state index contributed by atoms with van der Waals surface area (Å²) < 4.78 is 6.63. The van der Waals surface area contributed by atoms with Crippen molar-refractivity contribution in [2.75, 3.05) is 39.8 Å². The number of aliphatic hydroxyl groups excluding tert-OH is 1. The van der Waals surface area contributed by atoms with E-state index in [1.165, 1.54) is 0 Å². The van der Waals surface area contributed by atoms with Crippen molar-refractivity contribution in [3.8, 4) is 0 Å². The fraction of sp³-hybridized carbons (Fsp3) is 0.731. The second-order valence-electron chi connectivity index (χ2n) is 10.1. The highest BCUT2D eigenvalue weighted by molar-refractivity contribution is 5.99. The summed E-state index contributed by atoms with van der Waals surface area (Å²) in [6, 6.07) is -0.803. The predicted molar refractivity (Wildman–Crippen MR) is 130 cm³/mol. The lowest BCUT2D eigenvalue weighted by atomic mass is 9.66. The molecule has 2 bridgehead atoms. The Hall–Kier alpha value is -2.19. The molecule has 0 aromatic rings. The lowest BCUT2D eigenvalue weighted by Gasteiger charge is -2.37. The molecule has 1 N–H and O–H groups in total. The first kappa shape index (κ1) is 26.4. The summed E-state index contributed by atoms with van der Waals surface area (Å²) >= 11 is 0. The molecule has 3 heterocycles. The van der Waals surface area contributed by atoms with Crippen LogP contribution >= 0.6 is 0 Å². The van der Waals surface area contributed by atoms with Gasteiger partial charge in [-0.25, -0.2) is 0 Å². The SMILES string of the molecule is C=CCN(C)C(=O)[C@@H]1[C@H]2C(=O)N(CCCO)C(C(=O)N(CC=C)CCCCC)C23CC[C@@]1(C)O3. The number of amides is 3. The van der Waals surface area contributed by atoms with Gasteiger partial charge in [0, 0.05) is 39.8 Å². The van der Waals surface area contributed by atoms with Gasteiger partial charge in [0.15, 0.2) is 0 Å². The van der Waals surface area contributed by atoms with Crippen LogP contribution in [-0.4, -0.2) is 94.6 Å². The molecule has 3 aliphatic heterocycles. The first-order valence-electron chi connectivity index (χ1n) is 12.6. The molecule has 190 valence electrons. The van der Waals surface area contributed by atoms with E-state index in [0.29, 0.717) is 38.9 Å². The number of hydrogen-bond acceptors (Lipinski definition) is 5. The third-order valence-corrected chi connectivity index (χ3v) is 7.81. The Balaban J connectivity index is 2.01. The number of nitrogens with zero attached hydrogens (tertiary/aromatic N) is 3. The second-order valence-corrected chi connectivity index (χ2v) is 10.1. The van der Waals surface area contributed by atoms with Crippen LogP contribution in [0.4, 0.5) is 0 Å². The molecule has 8 heteroatoms. The lowest BCUT2D eigenvalue weighted by Crippen LogP contribution is -2.56. The summed E-state index contributed by atoms with van der Waals surface area (Å²) in [6.45, 7) is 13.1. The number of fused-ring (bicyclic) bond motifs is 1. The molecule has 0 aliphatic carbocycles. The van der Waals surface area contributed by atoms with E-state index in [9.17, 15) is 19.5 Å². The number of likely N-dealkylation sites (tertiary alicyclic amines) is 1. The summed E-state index contributed by atoms with van der Waals surface area (Å²) in [7, 11) is 1.71. The Morgan fingerprint density at radius 3 is 2.50 bits per heavy atom. The van der Waals surface area contributed by atoms with E-state index < -0.39 is 29.1 Å². The minimum Gasteiger partial charge on any atom is -0.396 e. The molecule has 0 aromatic heterocycles. The Morgan fingerprint density at radius 2 is 1.88 bits per heavy atom. The van der Waals surface area contributed by atoms with Gasteiger partial charge in [0.25, 0.3) is 0 Å². The van der Waals surface area contributed by atoms with Crippen LogP contribution in [0.5, 0.6) is 0 Å². The first-order chi connectivity index (χ1) is 16.2. The molecule has 0 radical (unpaired) electrons. The van der Waals surface area contributed by atoms with E-state index in [2.05, 4.69) is 20.1 Å². The van der Waals surface area contributed by atoms with Crippen molar-refractivity contribution in [1.82, 2.24) is 14.7 Å². The molecule has 3 aliphatic rings. The van der Waals surface area contributed by atoms with Gasteiger partial charge in [-0.2, -0.15) is 0 Å². The topological polar surface area (TPSA) is 90.4 Å². The zero-order valence-electron chi connectivity index (χ0n) is 21.0. The molecule has 1 spiro atoms. The van der Waals surface area contributed by atoms with Gasteiger partial charge in [0.1, 0.15) is 11.6 Å². The molecule has 8 nitrogen and oxygen atoms in total. The van der Waals surface area contributed by atoms with Gasteiger partial charge >= 0.3 is 0 Å². The van der Waals surface area contributed by atoms with Crippen molar-refractivity contribution in [3.63, 3.8) is 0 Å². The lowest BCUT2D eigenvalue weighted by molar-refractivity contribution is -0.153. The highest BCUT2D eigenvalue weighted by atomic mass is 16.5. The van der Waals surface area contributed by atoms with Crippen molar-refractivity contribution in [2.24, 2.45) is 11.8 Å². The van der Waals surface area contributed by atoms with Gasteiger partial charge in [-0.3, -0.25) is 14.4 Å². The number of likely N-dealkylation sites (N-methyl/N-ethyl adjacent to an activating group) is 1. The average Bonchev–Trinajstić information content (AvgIpc) is 3.37. The van der Waals surface area contributed by atoms with Gasteiger partial charge in [-0.1, -0.05) is 31.9 Å². The standard InChI is InChI=1S/C26H41N3O5/c1-6-9-10-16-28(15-8-3)24(33)21-26-13-12-25(4,34-26)19(22(31)27(5)14-7-2)20(26)23(32)29(21)17-11-18-30/h7-8,19-21,30H,2-3,6,9-18H2,1,4-5H3/t19-,20-,21?,25+,26?/m0/s1. The molecule has 3 amide bonds. The molecule has 3 rings (SSSR count). The van der Waals surface area contributed by atoms with Crippen molar-refractivity contribution in [2.45, 2.75) is 69.6 Å². The van der Waals surface area contributed by atoms with Gasteiger partial charge in [-0.05, 0) is 32.6 Å². The highest BCUT2D eigenvalue weighted by Gasteiger charge is 2.78. The summed E-state index contributed by atoms with van der Waals surface area (Å²) in [6.07, 6.45) is 7.81. The number of carbonyl (C=O) groups excluding carboxylic acids is 3. The Bertz CT molecular complexity index is 816. The first-order valence-corrected chi connectivity index (χ1v) is 12.6. The largest absolute Gasteiger partial charge is 0.396 e. The van der Waals surface area contributed by atoms with E-state index in [4.69, 9.17) is 4.74 Å². The van der Waals surface area contributed by atoms with Gasteiger partial charge < -0.3 is 24.5 Å². The third-order valence-electron chi connectivity index (χ3n) is 7.81. The minimum atomic E-state index is -1.03. The summed E-state index contributed by atoms with van der Waals surface area (Å²) in [5.41, 5.74) is -1.82. The number of ether oxygens (including phenoxy) is 1. The Kier molecular flexibility index (Phi) is 8.24. The zero-order valence-corrected chi connectivity index (χ0v) is 21.0. The molecule has 3 fully saturated rings. The van der Waals surface area contributed by atoms with Crippen LogP contribution in [0.1, 0.15) is 52.4 Å². The minimum absolute atomic E-state index is 0.0851. The van der Waals surface area contributed by atoms with Crippen molar-refractivity contribution < 1.29 is 24.2 Å². The summed E-state index contributed by atoms with van der Waals surface area (Å²) in [5, 5.41) is 9.47. The maximum atomic E-state index is 14.0. The number of carbonyl (C=O) groups is 3. The molecule has 3 saturated heterocycles. The highest BCUT2D eigenvalue weighted by Crippen LogP contribution is 2.63. The third kappa shape index (κ3) is 4.31. The van der Waals surface area contributed by atoms with Crippen LogP contribution in [-0.2, 0) is 19.1 Å². The molecule has 2 unspecified atom stereocenters. The molecule has 0 aromatic carbocycles.